The molecule has 7 nitrogen and oxygen atoms in total. The Bertz CT molecular complexity index is 1620. The number of rotatable bonds is 9. The lowest BCUT2D eigenvalue weighted by atomic mass is 10.0. The van der Waals surface area contributed by atoms with E-state index < -0.39 is 38.0 Å². The molecule has 2 aromatic carbocycles. The van der Waals surface area contributed by atoms with Gasteiger partial charge in [0.2, 0.25) is 15.7 Å². The molecule has 4 rings (SSSR count). The minimum absolute atomic E-state index is 0.158. The van der Waals surface area contributed by atoms with E-state index in [4.69, 9.17) is 0 Å². The average molecular weight is 536 g/mol. The van der Waals surface area contributed by atoms with Gasteiger partial charge in [0, 0.05) is 24.4 Å². The Balaban J connectivity index is 1.88. The number of aryl methyl sites for hydroxylation is 2. The van der Waals surface area contributed by atoms with Crippen LogP contribution < -0.4 is 5.56 Å². The Labute approximate surface area is 221 Å². The van der Waals surface area contributed by atoms with Gasteiger partial charge in [-0.25, -0.2) is 12.8 Å². The topological polar surface area (TPSA) is 102 Å². The van der Waals surface area contributed by atoms with Gasteiger partial charge in [-0.1, -0.05) is 50.6 Å². The number of nitrogens with zero attached hydrogens (tertiary/aromatic N) is 3. The molecule has 2 heterocycles. The highest BCUT2D eigenvalue weighted by molar-refractivity contribution is 7.91. The number of sulfone groups is 1. The quantitative estimate of drug-likeness (QED) is 0.298. The summed E-state index contributed by atoms with van der Waals surface area (Å²) >= 11 is 0. The molecule has 0 aliphatic heterocycles. The molecule has 198 valence electrons. The van der Waals surface area contributed by atoms with Crippen molar-refractivity contribution in [2.24, 2.45) is 0 Å². The van der Waals surface area contributed by atoms with Crippen molar-refractivity contribution in [3.05, 3.63) is 100 Å². The second kappa shape index (κ2) is 11.3. The molecule has 9 heteroatoms. The normalized spacial score (nSPS) is 12.4. The van der Waals surface area contributed by atoms with Gasteiger partial charge in [-0.05, 0) is 60.7 Å². The van der Waals surface area contributed by atoms with Crippen molar-refractivity contribution in [3.8, 4) is 17.0 Å². The molecule has 0 amide bonds. The van der Waals surface area contributed by atoms with Crippen molar-refractivity contribution < 1.29 is 17.9 Å². The van der Waals surface area contributed by atoms with Crippen LogP contribution in [0, 0.1) is 12.7 Å². The van der Waals surface area contributed by atoms with Crippen LogP contribution in [0.25, 0.3) is 11.1 Å². The van der Waals surface area contributed by atoms with Gasteiger partial charge in [0.15, 0.2) is 4.90 Å². The zero-order valence-electron chi connectivity index (χ0n) is 21.6. The smallest absolute Gasteiger partial charge is 0.296 e. The van der Waals surface area contributed by atoms with E-state index in [1.165, 1.54) is 22.8 Å². The van der Waals surface area contributed by atoms with Gasteiger partial charge >= 0.3 is 0 Å². The number of unbranched alkanes of at least 4 members (excludes halogenated alkanes) is 1. The van der Waals surface area contributed by atoms with E-state index in [0.29, 0.717) is 19.3 Å². The van der Waals surface area contributed by atoms with E-state index in [1.807, 2.05) is 19.9 Å². The van der Waals surface area contributed by atoms with Crippen molar-refractivity contribution in [3.63, 3.8) is 0 Å². The predicted octanol–water partition coefficient (Wildman–Crippen LogP) is 5.63. The van der Waals surface area contributed by atoms with Crippen LogP contribution >= 0.6 is 0 Å². The maximum absolute atomic E-state index is 14.8. The number of benzene rings is 2. The molecule has 0 aliphatic carbocycles. The Kier molecular flexibility index (Phi) is 8.06. The fourth-order valence-electron chi connectivity index (χ4n) is 4.64. The van der Waals surface area contributed by atoms with Gasteiger partial charge in [0.25, 0.3) is 5.56 Å². The van der Waals surface area contributed by atoms with Crippen LogP contribution in [0.2, 0.25) is 0 Å². The third-order valence-electron chi connectivity index (χ3n) is 6.62. The molecule has 1 N–H and O–H groups in total. The maximum Gasteiger partial charge on any atom is 0.296 e. The van der Waals surface area contributed by atoms with Gasteiger partial charge in [-0.15, -0.1) is 0 Å². The third-order valence-corrected chi connectivity index (χ3v) is 8.40. The van der Waals surface area contributed by atoms with E-state index in [1.54, 1.807) is 49.6 Å². The fraction of sp³-hybridized carbons (Fsp3) is 0.276. The zero-order valence-corrected chi connectivity index (χ0v) is 22.4. The summed E-state index contributed by atoms with van der Waals surface area (Å²) in [5, 5.41) is 11.4. The highest BCUT2D eigenvalue weighted by Gasteiger charge is 2.32. The highest BCUT2D eigenvalue weighted by atomic mass is 32.2. The fourth-order valence-corrected chi connectivity index (χ4v) is 5.98. The van der Waals surface area contributed by atoms with E-state index in [2.05, 4.69) is 9.97 Å². The summed E-state index contributed by atoms with van der Waals surface area (Å²) in [6, 6.07) is 13.3. The van der Waals surface area contributed by atoms with E-state index in [9.17, 15) is 22.7 Å². The van der Waals surface area contributed by atoms with Crippen molar-refractivity contribution in [2.45, 2.75) is 62.3 Å². The molecule has 0 bridgehead atoms. The Morgan fingerprint density at radius 3 is 2.39 bits per heavy atom. The zero-order chi connectivity index (χ0) is 27.4. The average Bonchev–Trinajstić information content (AvgIpc) is 2.90. The summed E-state index contributed by atoms with van der Waals surface area (Å²) in [6.07, 6.45) is 5.46. The van der Waals surface area contributed by atoms with Gasteiger partial charge in [0.1, 0.15) is 11.6 Å². The monoisotopic (exact) mass is 535 g/mol. The minimum Gasteiger partial charge on any atom is -0.493 e. The molecule has 0 saturated carbocycles. The number of hydrogen-bond acceptors (Lipinski definition) is 6. The molecular weight excluding hydrogens is 505 g/mol. The van der Waals surface area contributed by atoms with Gasteiger partial charge in [0.05, 0.1) is 10.9 Å². The van der Waals surface area contributed by atoms with Crippen LogP contribution in [-0.4, -0.2) is 28.1 Å². The van der Waals surface area contributed by atoms with Crippen LogP contribution in [0.4, 0.5) is 4.39 Å². The van der Waals surface area contributed by atoms with Crippen molar-refractivity contribution in [1.29, 1.82) is 0 Å². The second-order valence-electron chi connectivity index (χ2n) is 9.12. The SMILES string of the molecule is CCCCc1nc(=O)c(S(=O)(=O)c2ccc(-c3ccncc3C)cc2)c(O)n1[C@@H](CC)c1ccccc1F. The molecule has 0 unspecified atom stereocenters. The van der Waals surface area contributed by atoms with Crippen molar-refractivity contribution in [2.75, 3.05) is 0 Å². The molecule has 1 atom stereocenters. The van der Waals surface area contributed by atoms with E-state index in [-0.39, 0.29) is 16.3 Å². The molecule has 2 aromatic heterocycles. The number of aromatic hydroxyl groups is 1. The first-order valence-electron chi connectivity index (χ1n) is 12.6. The Morgan fingerprint density at radius 1 is 1.05 bits per heavy atom. The Hall–Kier alpha value is -3.85. The van der Waals surface area contributed by atoms with Crippen LogP contribution in [0.1, 0.15) is 56.1 Å². The summed E-state index contributed by atoms with van der Waals surface area (Å²) in [6.45, 7) is 5.66. The van der Waals surface area contributed by atoms with Crippen LogP contribution in [0.3, 0.4) is 0 Å². The first-order valence-corrected chi connectivity index (χ1v) is 14.0. The van der Waals surface area contributed by atoms with Crippen LogP contribution in [0.15, 0.2) is 81.6 Å². The molecule has 0 aliphatic rings. The lowest BCUT2D eigenvalue weighted by Gasteiger charge is -2.25. The van der Waals surface area contributed by atoms with E-state index in [0.717, 1.165) is 23.1 Å². The molecular formula is C29H30FN3O4S. The molecule has 0 spiro atoms. The number of hydrogen-bond donors (Lipinski definition) is 1. The number of halogens is 1. The first kappa shape index (κ1) is 27.2. The lowest BCUT2D eigenvalue weighted by Crippen LogP contribution is -2.28. The highest BCUT2D eigenvalue weighted by Crippen LogP contribution is 2.34. The van der Waals surface area contributed by atoms with Gasteiger partial charge in [-0.3, -0.25) is 14.3 Å². The number of pyridine rings is 1. The summed E-state index contributed by atoms with van der Waals surface area (Å²) < 4.78 is 43.5. The maximum atomic E-state index is 14.8. The molecule has 0 fully saturated rings. The largest absolute Gasteiger partial charge is 0.493 e. The predicted molar refractivity (Wildman–Crippen MR) is 143 cm³/mol. The minimum atomic E-state index is -4.46. The first-order chi connectivity index (χ1) is 18.2. The molecule has 0 radical (unpaired) electrons. The Morgan fingerprint density at radius 2 is 1.76 bits per heavy atom. The van der Waals surface area contributed by atoms with E-state index >= 15 is 0 Å². The molecule has 0 saturated heterocycles. The van der Waals surface area contributed by atoms with Crippen LogP contribution in [-0.2, 0) is 16.3 Å². The third kappa shape index (κ3) is 5.11. The standard InChI is InChI=1S/C29H30FN3O4S/c1-4-6-11-26-32-28(34)27(29(35)33(26)25(5-2)23-9-7-8-10-24(23)30)38(36,37)21-14-12-20(13-15-21)22-16-17-31-18-19(22)3/h7-10,12-18,25,35H,4-6,11H2,1-3H3/t25-/m0/s1. The summed E-state index contributed by atoms with van der Waals surface area (Å²) in [5.74, 6) is -1.02. The summed E-state index contributed by atoms with van der Waals surface area (Å²) in [7, 11) is -4.46. The van der Waals surface area contributed by atoms with Crippen molar-refractivity contribution >= 4 is 9.84 Å². The van der Waals surface area contributed by atoms with Gasteiger partial charge < -0.3 is 5.11 Å². The van der Waals surface area contributed by atoms with Crippen LogP contribution in [0.5, 0.6) is 5.88 Å². The summed E-state index contributed by atoms with van der Waals surface area (Å²) in [4.78, 5) is 20.3. The molecule has 38 heavy (non-hydrogen) atoms. The lowest BCUT2D eigenvalue weighted by molar-refractivity contribution is 0.354. The molecule has 4 aromatic rings. The van der Waals surface area contributed by atoms with Crippen molar-refractivity contribution in [1.82, 2.24) is 14.5 Å². The number of aromatic nitrogens is 3. The second-order valence-corrected chi connectivity index (χ2v) is 11.0. The van der Waals surface area contributed by atoms with Gasteiger partial charge in [-0.2, -0.15) is 4.98 Å². The summed E-state index contributed by atoms with van der Waals surface area (Å²) in [5.41, 5.74) is 1.83.